The Balaban J connectivity index is 1.58. The standard InChI is InChI=1S/C18H22N4O3/c1-21-8-7-19-17(21)16-14(4-5-15(23)22(16)13-2-3-13)18(24)20-10-12-6-9-25-11-12/h6-9,11,13-14,16H,2-5,10H2,1H3,(H,20,24)/t14-,16-/m0/s1. The number of piperidine rings is 1. The number of rotatable bonds is 5. The van der Waals surface area contributed by atoms with E-state index in [1.807, 2.05) is 28.8 Å². The van der Waals surface area contributed by atoms with Gasteiger partial charge >= 0.3 is 0 Å². The first-order chi connectivity index (χ1) is 12.1. The minimum atomic E-state index is -0.293. The zero-order valence-corrected chi connectivity index (χ0v) is 14.2. The Morgan fingerprint density at radius 2 is 2.24 bits per heavy atom. The maximum absolute atomic E-state index is 12.9. The van der Waals surface area contributed by atoms with E-state index in [0.29, 0.717) is 19.4 Å². The number of furan rings is 1. The second kappa shape index (κ2) is 6.38. The summed E-state index contributed by atoms with van der Waals surface area (Å²) in [5.41, 5.74) is 0.924. The summed E-state index contributed by atoms with van der Waals surface area (Å²) in [7, 11) is 1.91. The van der Waals surface area contributed by atoms with Crippen molar-refractivity contribution >= 4 is 11.8 Å². The van der Waals surface area contributed by atoms with Crippen molar-refractivity contribution in [2.45, 2.75) is 44.3 Å². The zero-order chi connectivity index (χ0) is 17.4. The van der Waals surface area contributed by atoms with Crippen LogP contribution in [-0.2, 0) is 23.2 Å². The van der Waals surface area contributed by atoms with E-state index >= 15 is 0 Å². The zero-order valence-electron chi connectivity index (χ0n) is 14.2. The molecule has 2 aromatic heterocycles. The summed E-state index contributed by atoms with van der Waals surface area (Å²) < 4.78 is 6.95. The van der Waals surface area contributed by atoms with E-state index in [0.717, 1.165) is 24.2 Å². The number of hydrogen-bond donors (Lipinski definition) is 1. The van der Waals surface area contributed by atoms with Gasteiger partial charge in [-0.15, -0.1) is 0 Å². The highest BCUT2D eigenvalue weighted by molar-refractivity contribution is 5.85. The molecule has 0 spiro atoms. The number of nitrogens with one attached hydrogen (secondary N) is 1. The highest BCUT2D eigenvalue weighted by Crippen LogP contribution is 2.43. The molecule has 2 aliphatic rings. The van der Waals surface area contributed by atoms with Gasteiger partial charge in [-0.2, -0.15) is 0 Å². The smallest absolute Gasteiger partial charge is 0.225 e. The molecule has 1 saturated carbocycles. The lowest BCUT2D eigenvalue weighted by atomic mass is 9.86. The van der Waals surface area contributed by atoms with Gasteiger partial charge in [-0.05, 0) is 25.3 Å². The number of aromatic nitrogens is 2. The van der Waals surface area contributed by atoms with Crippen LogP contribution in [0.25, 0.3) is 0 Å². The lowest BCUT2D eigenvalue weighted by Gasteiger charge is -2.40. The summed E-state index contributed by atoms with van der Waals surface area (Å²) in [5.74, 6) is 0.594. The predicted molar refractivity (Wildman–Crippen MR) is 89.1 cm³/mol. The molecule has 2 atom stereocenters. The largest absolute Gasteiger partial charge is 0.472 e. The second-order valence-corrected chi connectivity index (χ2v) is 6.87. The van der Waals surface area contributed by atoms with Crippen LogP contribution in [0.3, 0.4) is 0 Å². The highest BCUT2D eigenvalue weighted by atomic mass is 16.3. The van der Waals surface area contributed by atoms with Gasteiger partial charge in [0, 0.05) is 44.0 Å². The molecule has 2 aromatic rings. The van der Waals surface area contributed by atoms with Crippen molar-refractivity contribution in [3.05, 3.63) is 42.4 Å². The van der Waals surface area contributed by atoms with Gasteiger partial charge in [0.1, 0.15) is 11.9 Å². The van der Waals surface area contributed by atoms with E-state index in [9.17, 15) is 9.59 Å². The Morgan fingerprint density at radius 1 is 1.40 bits per heavy atom. The first kappa shape index (κ1) is 15.9. The molecule has 1 N–H and O–H groups in total. The Labute approximate surface area is 146 Å². The fourth-order valence-electron chi connectivity index (χ4n) is 3.65. The number of imidazole rings is 1. The number of aryl methyl sites for hydroxylation is 1. The number of nitrogens with zero attached hydrogens (tertiary/aromatic N) is 3. The second-order valence-electron chi connectivity index (χ2n) is 6.87. The van der Waals surface area contributed by atoms with Gasteiger partial charge < -0.3 is 19.2 Å². The van der Waals surface area contributed by atoms with Crippen LogP contribution in [0.5, 0.6) is 0 Å². The first-order valence-corrected chi connectivity index (χ1v) is 8.72. The van der Waals surface area contributed by atoms with Gasteiger partial charge in [0.25, 0.3) is 0 Å². The fraction of sp³-hybridized carbons (Fsp3) is 0.500. The number of carbonyl (C=O) groups excluding carboxylic acids is 2. The molecule has 1 saturated heterocycles. The Kier molecular flexibility index (Phi) is 4.07. The monoisotopic (exact) mass is 342 g/mol. The van der Waals surface area contributed by atoms with Crippen LogP contribution in [0, 0.1) is 5.92 Å². The SMILES string of the molecule is Cn1ccnc1[C@@H]1[C@@H](C(=O)NCc2ccoc2)CCC(=O)N1C1CC1. The van der Waals surface area contributed by atoms with Crippen LogP contribution in [0.1, 0.15) is 43.1 Å². The molecule has 1 aliphatic carbocycles. The molecule has 132 valence electrons. The third kappa shape index (κ3) is 3.06. The molecule has 1 aliphatic heterocycles. The molecule has 3 heterocycles. The topological polar surface area (TPSA) is 80.4 Å². The van der Waals surface area contributed by atoms with Crippen LogP contribution < -0.4 is 5.32 Å². The quantitative estimate of drug-likeness (QED) is 0.898. The minimum Gasteiger partial charge on any atom is -0.472 e. The number of amides is 2. The van der Waals surface area contributed by atoms with Gasteiger partial charge in [0.05, 0.1) is 18.4 Å². The molecule has 0 bridgehead atoms. The number of hydrogen-bond acceptors (Lipinski definition) is 4. The average Bonchev–Trinajstić information content (AvgIpc) is 3.13. The fourth-order valence-corrected chi connectivity index (χ4v) is 3.65. The van der Waals surface area contributed by atoms with Gasteiger partial charge in [-0.1, -0.05) is 0 Å². The van der Waals surface area contributed by atoms with E-state index in [1.165, 1.54) is 0 Å². The molecular weight excluding hydrogens is 320 g/mol. The van der Waals surface area contributed by atoms with Crippen LogP contribution >= 0.6 is 0 Å². The molecule has 2 amide bonds. The Morgan fingerprint density at radius 3 is 2.88 bits per heavy atom. The van der Waals surface area contributed by atoms with Crippen molar-refractivity contribution in [3.63, 3.8) is 0 Å². The summed E-state index contributed by atoms with van der Waals surface area (Å²) in [6.07, 6.45) is 9.79. The molecule has 7 heteroatoms. The summed E-state index contributed by atoms with van der Waals surface area (Å²) in [6, 6.07) is 1.79. The number of carbonyl (C=O) groups is 2. The first-order valence-electron chi connectivity index (χ1n) is 8.72. The lowest BCUT2D eigenvalue weighted by Crippen LogP contribution is -2.49. The average molecular weight is 342 g/mol. The highest BCUT2D eigenvalue weighted by Gasteiger charge is 2.47. The molecule has 0 aromatic carbocycles. The van der Waals surface area contributed by atoms with Gasteiger partial charge in [0.15, 0.2) is 0 Å². The van der Waals surface area contributed by atoms with E-state index in [4.69, 9.17) is 4.42 Å². The third-order valence-electron chi connectivity index (χ3n) is 5.08. The van der Waals surface area contributed by atoms with Crippen LogP contribution in [0.2, 0.25) is 0 Å². The van der Waals surface area contributed by atoms with Crippen molar-refractivity contribution in [2.24, 2.45) is 13.0 Å². The summed E-state index contributed by atoms with van der Waals surface area (Å²) in [6.45, 7) is 0.427. The van der Waals surface area contributed by atoms with Crippen LogP contribution in [0.4, 0.5) is 0 Å². The van der Waals surface area contributed by atoms with Crippen molar-refractivity contribution in [3.8, 4) is 0 Å². The molecule has 2 fully saturated rings. The van der Waals surface area contributed by atoms with E-state index in [-0.39, 0.29) is 29.8 Å². The maximum atomic E-state index is 12.9. The van der Waals surface area contributed by atoms with E-state index < -0.39 is 0 Å². The number of likely N-dealkylation sites (tertiary alicyclic amines) is 1. The van der Waals surface area contributed by atoms with E-state index in [1.54, 1.807) is 18.7 Å². The van der Waals surface area contributed by atoms with Gasteiger partial charge in [0.2, 0.25) is 11.8 Å². The van der Waals surface area contributed by atoms with Gasteiger partial charge in [-0.3, -0.25) is 9.59 Å². The van der Waals surface area contributed by atoms with Crippen molar-refractivity contribution < 1.29 is 14.0 Å². The Hall–Kier alpha value is -2.57. The van der Waals surface area contributed by atoms with Crippen LogP contribution in [0.15, 0.2) is 35.4 Å². The minimum absolute atomic E-state index is 0.0349. The summed E-state index contributed by atoms with van der Waals surface area (Å²) >= 11 is 0. The maximum Gasteiger partial charge on any atom is 0.225 e. The van der Waals surface area contributed by atoms with Crippen LogP contribution in [-0.4, -0.2) is 32.3 Å². The van der Waals surface area contributed by atoms with E-state index in [2.05, 4.69) is 10.3 Å². The van der Waals surface area contributed by atoms with Crippen molar-refractivity contribution in [1.29, 1.82) is 0 Å². The molecule has 0 unspecified atom stereocenters. The Bertz CT molecular complexity index is 763. The summed E-state index contributed by atoms with van der Waals surface area (Å²) in [5, 5.41) is 2.99. The summed E-state index contributed by atoms with van der Waals surface area (Å²) in [4.78, 5) is 31.8. The third-order valence-corrected chi connectivity index (χ3v) is 5.08. The van der Waals surface area contributed by atoms with Gasteiger partial charge in [-0.25, -0.2) is 4.98 Å². The molecule has 7 nitrogen and oxygen atoms in total. The molecule has 4 rings (SSSR count). The molecular formula is C18H22N4O3. The lowest BCUT2D eigenvalue weighted by molar-refractivity contribution is -0.144. The molecule has 0 radical (unpaired) electrons. The predicted octanol–water partition coefficient (Wildman–Crippen LogP) is 1.77. The van der Waals surface area contributed by atoms with Crippen molar-refractivity contribution in [1.82, 2.24) is 19.8 Å². The normalized spacial score (nSPS) is 23.7. The van der Waals surface area contributed by atoms with Crippen molar-refractivity contribution in [2.75, 3.05) is 0 Å². The molecule has 25 heavy (non-hydrogen) atoms.